The molecule has 2 amide bonds. The van der Waals surface area contributed by atoms with E-state index >= 15 is 0 Å². The lowest BCUT2D eigenvalue weighted by Crippen LogP contribution is -2.49. The van der Waals surface area contributed by atoms with Crippen molar-refractivity contribution >= 4 is 11.7 Å². The summed E-state index contributed by atoms with van der Waals surface area (Å²) in [6.07, 6.45) is -5.11. The first-order chi connectivity index (χ1) is 9.56. The molecule has 7 nitrogen and oxygen atoms in total. The molecule has 1 aromatic carbocycles. The van der Waals surface area contributed by atoms with Crippen molar-refractivity contribution in [1.82, 2.24) is 5.01 Å². The molecule has 0 aromatic heterocycles. The standard InChI is InChI=1S/C10H12F4N4O3/c1-17(15)9(20)18(16)7-2-5(11)3-8(6(7)4-19)21-10(12,13)14/h2-3,19H,4,15-16H2,1H3. The summed E-state index contributed by atoms with van der Waals surface area (Å²) >= 11 is 0. The number of aliphatic hydroxyl groups is 1. The van der Waals surface area contributed by atoms with Crippen molar-refractivity contribution in [3.05, 3.63) is 23.5 Å². The normalized spacial score (nSPS) is 11.2. The quantitative estimate of drug-likeness (QED) is 0.332. The molecule has 0 saturated carbocycles. The lowest BCUT2D eigenvalue weighted by molar-refractivity contribution is -0.275. The van der Waals surface area contributed by atoms with E-state index in [0.29, 0.717) is 17.1 Å². The van der Waals surface area contributed by atoms with E-state index in [1.165, 1.54) is 0 Å². The number of carbonyl (C=O) groups excluding carboxylic acids is 1. The van der Waals surface area contributed by atoms with Crippen LogP contribution in [0.2, 0.25) is 0 Å². The Bertz CT molecular complexity index is 536. The van der Waals surface area contributed by atoms with E-state index in [4.69, 9.17) is 16.8 Å². The third-order valence-corrected chi connectivity index (χ3v) is 2.30. The summed E-state index contributed by atoms with van der Waals surface area (Å²) in [5, 5.41) is 9.96. The Morgan fingerprint density at radius 2 is 1.95 bits per heavy atom. The van der Waals surface area contributed by atoms with Crippen LogP contribution in [-0.2, 0) is 6.61 Å². The first kappa shape index (κ1) is 16.9. The third-order valence-electron chi connectivity index (χ3n) is 2.30. The highest BCUT2D eigenvalue weighted by molar-refractivity contribution is 5.91. The second-order valence-corrected chi connectivity index (χ2v) is 3.87. The number of anilines is 1. The molecule has 1 rings (SSSR count). The molecule has 0 atom stereocenters. The van der Waals surface area contributed by atoms with Crippen LogP contribution in [0, 0.1) is 5.82 Å². The monoisotopic (exact) mass is 312 g/mol. The molecule has 21 heavy (non-hydrogen) atoms. The Kier molecular flexibility index (Phi) is 4.93. The fourth-order valence-corrected chi connectivity index (χ4v) is 1.46. The minimum atomic E-state index is -5.11. The van der Waals surface area contributed by atoms with E-state index in [0.717, 1.165) is 7.05 Å². The number of nitrogens with two attached hydrogens (primary N) is 2. The SMILES string of the molecule is CN(N)C(=O)N(N)c1cc(F)cc(OC(F)(F)F)c1CO. The number of aliphatic hydroxyl groups excluding tert-OH is 1. The van der Waals surface area contributed by atoms with Gasteiger partial charge in [-0.3, -0.25) is 5.01 Å². The zero-order valence-electron chi connectivity index (χ0n) is 10.7. The maximum atomic E-state index is 13.4. The van der Waals surface area contributed by atoms with Crippen LogP contribution in [-0.4, -0.2) is 29.6 Å². The molecule has 118 valence electrons. The van der Waals surface area contributed by atoms with E-state index in [9.17, 15) is 22.4 Å². The topological polar surface area (TPSA) is 105 Å². The fourth-order valence-electron chi connectivity index (χ4n) is 1.46. The lowest BCUT2D eigenvalue weighted by Gasteiger charge is -2.24. The van der Waals surface area contributed by atoms with E-state index in [-0.39, 0.29) is 5.01 Å². The average Bonchev–Trinajstić information content (AvgIpc) is 2.34. The van der Waals surface area contributed by atoms with Gasteiger partial charge in [0.05, 0.1) is 12.3 Å². The Labute approximate surface area is 116 Å². The molecule has 0 saturated heterocycles. The first-order valence-electron chi connectivity index (χ1n) is 5.33. The summed E-state index contributed by atoms with van der Waals surface area (Å²) in [6.45, 7) is -0.976. The molecule has 1 aromatic rings. The predicted molar refractivity (Wildman–Crippen MR) is 63.0 cm³/mol. The molecule has 11 heteroatoms. The highest BCUT2D eigenvalue weighted by Crippen LogP contribution is 2.33. The molecule has 0 heterocycles. The molecule has 0 bridgehead atoms. The summed E-state index contributed by atoms with van der Waals surface area (Å²) in [5.41, 5.74) is -1.04. The average molecular weight is 312 g/mol. The zero-order valence-corrected chi connectivity index (χ0v) is 10.7. The van der Waals surface area contributed by atoms with Gasteiger partial charge in [0.15, 0.2) is 0 Å². The number of hydrogen-bond acceptors (Lipinski definition) is 5. The maximum Gasteiger partial charge on any atom is 0.573 e. The van der Waals surface area contributed by atoms with Crippen LogP contribution in [0.4, 0.5) is 28.0 Å². The summed E-state index contributed by atoms with van der Waals surface area (Å²) in [4.78, 5) is 11.6. The predicted octanol–water partition coefficient (Wildman–Crippen LogP) is 0.822. The number of carbonyl (C=O) groups is 1. The van der Waals surface area contributed by atoms with Gasteiger partial charge in [0.1, 0.15) is 11.6 Å². The smallest absolute Gasteiger partial charge is 0.405 e. The second kappa shape index (κ2) is 6.11. The number of amides is 2. The number of rotatable bonds is 3. The van der Waals surface area contributed by atoms with Crippen LogP contribution in [0.25, 0.3) is 0 Å². The molecule has 0 fully saturated rings. The summed E-state index contributed by atoms with van der Waals surface area (Å²) < 4.78 is 53.7. The summed E-state index contributed by atoms with van der Waals surface area (Å²) in [6, 6.07) is 0.0247. The van der Waals surface area contributed by atoms with Crippen molar-refractivity contribution in [3.8, 4) is 5.75 Å². The van der Waals surface area contributed by atoms with Gasteiger partial charge in [-0.1, -0.05) is 0 Å². The van der Waals surface area contributed by atoms with E-state index in [1.54, 1.807) is 0 Å². The van der Waals surface area contributed by atoms with E-state index in [1.807, 2.05) is 0 Å². The third kappa shape index (κ3) is 4.18. The van der Waals surface area contributed by atoms with Crippen molar-refractivity contribution in [3.63, 3.8) is 0 Å². The van der Waals surface area contributed by atoms with Crippen LogP contribution >= 0.6 is 0 Å². The number of alkyl halides is 3. The Hall–Kier alpha value is -2.11. The fraction of sp³-hybridized carbons (Fsp3) is 0.300. The molecular weight excluding hydrogens is 300 g/mol. The van der Waals surface area contributed by atoms with E-state index < -0.39 is 41.8 Å². The molecule has 0 spiro atoms. The highest BCUT2D eigenvalue weighted by Gasteiger charge is 2.33. The van der Waals surface area contributed by atoms with Gasteiger partial charge in [-0.15, -0.1) is 13.2 Å². The van der Waals surface area contributed by atoms with Gasteiger partial charge < -0.3 is 9.84 Å². The lowest BCUT2D eigenvalue weighted by atomic mass is 10.1. The van der Waals surface area contributed by atoms with E-state index in [2.05, 4.69) is 4.74 Å². The van der Waals surface area contributed by atoms with Gasteiger partial charge in [0, 0.05) is 18.7 Å². The molecule has 0 aliphatic rings. The molecule has 0 radical (unpaired) electrons. The van der Waals surface area contributed by atoms with Gasteiger partial charge in [0.2, 0.25) is 0 Å². The maximum absolute atomic E-state index is 13.4. The largest absolute Gasteiger partial charge is 0.573 e. The van der Waals surface area contributed by atoms with Crippen LogP contribution in [0.15, 0.2) is 12.1 Å². The molecule has 0 aliphatic heterocycles. The minimum absolute atomic E-state index is 0.290. The molecular formula is C10H12F4N4O3. The van der Waals surface area contributed by atoms with Crippen molar-refractivity contribution in [2.45, 2.75) is 13.0 Å². The van der Waals surface area contributed by atoms with Gasteiger partial charge in [-0.2, -0.15) is 0 Å². The molecule has 5 N–H and O–H groups in total. The summed E-state index contributed by atoms with van der Waals surface area (Å²) in [5.74, 6) is 8.34. The van der Waals surface area contributed by atoms with Crippen molar-refractivity contribution in [2.24, 2.45) is 11.7 Å². The summed E-state index contributed by atoms with van der Waals surface area (Å²) in [7, 11) is 1.12. The number of hydrogen-bond donors (Lipinski definition) is 3. The first-order valence-corrected chi connectivity index (χ1v) is 5.33. The number of nitrogens with zero attached hydrogens (tertiary/aromatic N) is 2. The van der Waals surface area contributed by atoms with Gasteiger partial charge >= 0.3 is 12.4 Å². The Balaban J connectivity index is 3.35. The molecule has 0 aliphatic carbocycles. The van der Waals surface area contributed by atoms with Crippen LogP contribution < -0.4 is 21.4 Å². The highest BCUT2D eigenvalue weighted by atomic mass is 19.4. The number of hydrazine groups is 2. The Morgan fingerprint density at radius 1 is 1.38 bits per heavy atom. The number of urea groups is 1. The minimum Gasteiger partial charge on any atom is -0.405 e. The van der Waals surface area contributed by atoms with Gasteiger partial charge in [-0.05, 0) is 6.07 Å². The van der Waals surface area contributed by atoms with Gasteiger partial charge in [0.25, 0.3) is 0 Å². The van der Waals surface area contributed by atoms with Crippen LogP contribution in [0.5, 0.6) is 5.75 Å². The van der Waals surface area contributed by atoms with Gasteiger partial charge in [-0.25, -0.2) is 25.9 Å². The van der Waals surface area contributed by atoms with Crippen LogP contribution in [0.3, 0.4) is 0 Å². The number of ether oxygens (including phenoxy) is 1. The molecule has 0 unspecified atom stereocenters. The Morgan fingerprint density at radius 3 is 2.38 bits per heavy atom. The number of halogens is 4. The van der Waals surface area contributed by atoms with Crippen molar-refractivity contribution < 1.29 is 32.2 Å². The second-order valence-electron chi connectivity index (χ2n) is 3.87. The number of benzene rings is 1. The van der Waals surface area contributed by atoms with Crippen LogP contribution in [0.1, 0.15) is 5.56 Å². The van der Waals surface area contributed by atoms with Crippen molar-refractivity contribution in [1.29, 1.82) is 0 Å². The zero-order chi connectivity index (χ0) is 16.4. The van der Waals surface area contributed by atoms with Crippen molar-refractivity contribution in [2.75, 3.05) is 12.1 Å².